The van der Waals surface area contributed by atoms with Crippen molar-refractivity contribution in [3.8, 4) is 0 Å². The van der Waals surface area contributed by atoms with Crippen LogP contribution < -0.4 is 4.90 Å². The third-order valence-corrected chi connectivity index (χ3v) is 6.93. The van der Waals surface area contributed by atoms with Crippen molar-refractivity contribution in [2.75, 3.05) is 4.90 Å². The van der Waals surface area contributed by atoms with Crippen LogP contribution in [0.15, 0.2) is 66.0 Å². The van der Waals surface area contributed by atoms with E-state index in [1.807, 2.05) is 29.6 Å². The molecule has 1 saturated heterocycles. The van der Waals surface area contributed by atoms with Crippen molar-refractivity contribution < 1.29 is 14.4 Å². The highest BCUT2D eigenvalue weighted by molar-refractivity contribution is 7.09. The quantitative estimate of drug-likeness (QED) is 0.424. The van der Waals surface area contributed by atoms with E-state index in [9.17, 15) is 14.4 Å². The van der Waals surface area contributed by atoms with Crippen LogP contribution >= 0.6 is 22.9 Å². The molecule has 0 spiro atoms. The van der Waals surface area contributed by atoms with E-state index < -0.39 is 6.04 Å². The summed E-state index contributed by atoms with van der Waals surface area (Å²) < 4.78 is 0. The molecule has 1 aromatic heterocycles. The van der Waals surface area contributed by atoms with Crippen LogP contribution in [-0.4, -0.2) is 28.7 Å². The normalized spacial score (nSPS) is 16.0. The molecule has 3 amide bonds. The highest BCUT2D eigenvalue weighted by Gasteiger charge is 2.44. The van der Waals surface area contributed by atoms with E-state index in [-0.39, 0.29) is 37.1 Å². The van der Waals surface area contributed by atoms with Gasteiger partial charge in [-0.05, 0) is 52.8 Å². The molecule has 0 bridgehead atoms. The predicted octanol–water partition coefficient (Wildman–Crippen LogP) is 5.43. The van der Waals surface area contributed by atoms with Crippen molar-refractivity contribution in [3.63, 3.8) is 0 Å². The first kappa shape index (κ1) is 23.2. The van der Waals surface area contributed by atoms with Gasteiger partial charge in [0.25, 0.3) is 5.91 Å². The summed E-state index contributed by atoms with van der Waals surface area (Å²) >= 11 is 7.48. The molecule has 170 valence electrons. The van der Waals surface area contributed by atoms with Gasteiger partial charge in [0, 0.05) is 9.90 Å². The van der Waals surface area contributed by atoms with Gasteiger partial charge in [-0.15, -0.1) is 11.3 Å². The molecule has 1 aliphatic heterocycles. The van der Waals surface area contributed by atoms with Gasteiger partial charge in [-0.3, -0.25) is 14.4 Å². The maximum atomic E-state index is 13.4. The van der Waals surface area contributed by atoms with Gasteiger partial charge in [-0.1, -0.05) is 55.8 Å². The standard InChI is InChI=1S/C26H25ClN2O3S/c1-17(2)19-7-11-21(12-8-19)29-25(31)15-23(26(29)32)28(16-22-4-3-13-33-22)24(30)14-18-5-9-20(27)10-6-18/h3-13,17,23H,14-16H2,1-2H3. The second kappa shape index (κ2) is 9.89. The van der Waals surface area contributed by atoms with Crippen LogP contribution in [0.5, 0.6) is 0 Å². The average molecular weight is 481 g/mol. The Kier molecular flexibility index (Phi) is 6.96. The number of nitrogens with zero attached hydrogens (tertiary/aromatic N) is 2. The highest BCUT2D eigenvalue weighted by atomic mass is 35.5. The van der Waals surface area contributed by atoms with Crippen LogP contribution in [0.3, 0.4) is 0 Å². The summed E-state index contributed by atoms with van der Waals surface area (Å²) in [4.78, 5) is 43.4. The zero-order valence-corrected chi connectivity index (χ0v) is 20.1. The van der Waals surface area contributed by atoms with Gasteiger partial charge in [-0.2, -0.15) is 0 Å². The summed E-state index contributed by atoms with van der Waals surface area (Å²) in [6.07, 6.45) is 0.103. The molecule has 5 nitrogen and oxygen atoms in total. The number of thiophene rings is 1. The Morgan fingerprint density at radius 3 is 2.39 bits per heavy atom. The molecule has 1 unspecified atom stereocenters. The summed E-state index contributed by atoms with van der Waals surface area (Å²) in [5.41, 5.74) is 2.48. The molecular formula is C26H25ClN2O3S. The number of halogens is 1. The number of carbonyl (C=O) groups is 3. The number of amides is 3. The molecule has 1 atom stereocenters. The second-order valence-electron chi connectivity index (χ2n) is 8.44. The van der Waals surface area contributed by atoms with Crippen LogP contribution in [0.2, 0.25) is 5.02 Å². The van der Waals surface area contributed by atoms with Gasteiger partial charge >= 0.3 is 0 Å². The third-order valence-electron chi connectivity index (χ3n) is 5.81. The van der Waals surface area contributed by atoms with Gasteiger partial charge in [-0.25, -0.2) is 4.90 Å². The highest BCUT2D eigenvalue weighted by Crippen LogP contribution is 2.29. The molecule has 0 saturated carbocycles. The number of hydrogen-bond donors (Lipinski definition) is 0. The first-order chi connectivity index (χ1) is 15.8. The molecule has 2 heterocycles. The summed E-state index contributed by atoms with van der Waals surface area (Å²) in [5, 5.41) is 2.53. The van der Waals surface area contributed by atoms with Crippen LogP contribution in [0.4, 0.5) is 5.69 Å². The Morgan fingerprint density at radius 1 is 1.09 bits per heavy atom. The van der Waals surface area contributed by atoms with Gasteiger partial charge in [0.1, 0.15) is 6.04 Å². The van der Waals surface area contributed by atoms with Gasteiger partial charge in [0.05, 0.1) is 25.1 Å². The van der Waals surface area contributed by atoms with E-state index in [0.717, 1.165) is 16.0 Å². The lowest BCUT2D eigenvalue weighted by Crippen LogP contribution is -2.45. The lowest BCUT2D eigenvalue weighted by Gasteiger charge is -2.27. The number of imide groups is 1. The van der Waals surface area contributed by atoms with Crippen LogP contribution in [-0.2, 0) is 27.3 Å². The summed E-state index contributed by atoms with van der Waals surface area (Å²) in [6.45, 7) is 4.46. The SMILES string of the molecule is CC(C)c1ccc(N2C(=O)CC(N(Cc3cccs3)C(=O)Cc3ccc(Cl)cc3)C2=O)cc1. The van der Waals surface area contributed by atoms with E-state index >= 15 is 0 Å². The average Bonchev–Trinajstić information content (AvgIpc) is 3.41. The fraction of sp³-hybridized carbons (Fsp3) is 0.269. The minimum atomic E-state index is -0.829. The lowest BCUT2D eigenvalue weighted by molar-refractivity contribution is -0.138. The molecule has 1 fully saturated rings. The van der Waals surface area contributed by atoms with E-state index in [4.69, 9.17) is 11.6 Å². The minimum Gasteiger partial charge on any atom is -0.325 e. The van der Waals surface area contributed by atoms with Crippen LogP contribution in [0, 0.1) is 0 Å². The van der Waals surface area contributed by atoms with Gasteiger partial charge in [0.15, 0.2) is 0 Å². The number of rotatable bonds is 7. The summed E-state index contributed by atoms with van der Waals surface area (Å²) in [6, 6.07) is 17.5. The minimum absolute atomic E-state index is 0.0253. The molecule has 0 N–H and O–H groups in total. The predicted molar refractivity (Wildman–Crippen MR) is 131 cm³/mol. The number of anilines is 1. The molecule has 0 radical (unpaired) electrons. The van der Waals surface area contributed by atoms with E-state index in [1.165, 1.54) is 16.2 Å². The summed E-state index contributed by atoms with van der Waals surface area (Å²) in [7, 11) is 0. The van der Waals surface area contributed by atoms with E-state index in [0.29, 0.717) is 16.6 Å². The van der Waals surface area contributed by atoms with Crippen molar-refractivity contribution >= 4 is 46.3 Å². The summed E-state index contributed by atoms with van der Waals surface area (Å²) in [5.74, 6) is -0.506. The second-order valence-corrected chi connectivity index (χ2v) is 9.91. The number of carbonyl (C=O) groups excluding carboxylic acids is 3. The Hall–Kier alpha value is -2.96. The maximum Gasteiger partial charge on any atom is 0.257 e. The van der Waals surface area contributed by atoms with E-state index in [1.54, 1.807) is 41.3 Å². The van der Waals surface area contributed by atoms with Crippen molar-refractivity contribution in [1.29, 1.82) is 0 Å². The first-order valence-corrected chi connectivity index (χ1v) is 12.1. The van der Waals surface area contributed by atoms with E-state index in [2.05, 4.69) is 13.8 Å². The van der Waals surface area contributed by atoms with Gasteiger partial charge in [0.2, 0.25) is 11.8 Å². The monoisotopic (exact) mass is 480 g/mol. The van der Waals surface area contributed by atoms with Crippen molar-refractivity contribution in [2.24, 2.45) is 0 Å². The first-order valence-electron chi connectivity index (χ1n) is 10.9. The topological polar surface area (TPSA) is 57.7 Å². The molecule has 3 aromatic rings. The number of hydrogen-bond acceptors (Lipinski definition) is 4. The van der Waals surface area contributed by atoms with Gasteiger partial charge < -0.3 is 4.90 Å². The lowest BCUT2D eigenvalue weighted by atomic mass is 10.0. The molecule has 0 aliphatic carbocycles. The molecule has 1 aliphatic rings. The molecule has 2 aromatic carbocycles. The molecule has 7 heteroatoms. The Balaban J connectivity index is 1.59. The molecular weight excluding hydrogens is 456 g/mol. The van der Waals surface area contributed by atoms with Crippen LogP contribution in [0.1, 0.15) is 42.2 Å². The zero-order chi connectivity index (χ0) is 23.5. The largest absolute Gasteiger partial charge is 0.325 e. The fourth-order valence-corrected chi connectivity index (χ4v) is 4.79. The fourth-order valence-electron chi connectivity index (χ4n) is 3.96. The van der Waals surface area contributed by atoms with Crippen molar-refractivity contribution in [2.45, 2.75) is 45.2 Å². The molecule has 4 rings (SSSR count). The maximum absolute atomic E-state index is 13.4. The smallest absolute Gasteiger partial charge is 0.257 e. The van der Waals surface area contributed by atoms with Crippen molar-refractivity contribution in [1.82, 2.24) is 4.90 Å². The third kappa shape index (κ3) is 5.18. The Labute approximate surface area is 202 Å². The Bertz CT molecular complexity index is 1140. The zero-order valence-electron chi connectivity index (χ0n) is 18.5. The molecule has 33 heavy (non-hydrogen) atoms. The van der Waals surface area contributed by atoms with Crippen molar-refractivity contribution in [3.05, 3.63) is 87.1 Å². The van der Waals surface area contributed by atoms with Crippen LogP contribution in [0.25, 0.3) is 0 Å². The number of benzene rings is 2. The Morgan fingerprint density at radius 2 is 1.79 bits per heavy atom.